The summed E-state index contributed by atoms with van der Waals surface area (Å²) < 4.78 is 10.8. The third-order valence-corrected chi connectivity index (χ3v) is 4.75. The second-order valence-corrected chi connectivity index (χ2v) is 6.78. The molecule has 1 amide bonds. The summed E-state index contributed by atoms with van der Waals surface area (Å²) in [5.41, 5.74) is 1.98. The van der Waals surface area contributed by atoms with Gasteiger partial charge in [0.1, 0.15) is 5.76 Å². The number of oxazole rings is 1. The Balaban J connectivity index is 1.47. The topological polar surface area (TPSA) is 70.8 Å². The van der Waals surface area contributed by atoms with Crippen LogP contribution in [-0.2, 0) is 16.1 Å². The lowest BCUT2D eigenvalue weighted by Gasteiger charge is -2.33. The maximum Gasteiger partial charge on any atom is 0.234 e. The highest BCUT2D eigenvalue weighted by Gasteiger charge is 2.21. The highest BCUT2D eigenvalue weighted by atomic mass is 16.5. The van der Waals surface area contributed by atoms with Gasteiger partial charge in [0.25, 0.3) is 0 Å². The smallest absolute Gasteiger partial charge is 0.234 e. The van der Waals surface area contributed by atoms with E-state index in [0.29, 0.717) is 25.6 Å². The molecule has 1 aromatic heterocycles. The zero-order valence-electron chi connectivity index (χ0n) is 16.1. The average molecular weight is 372 g/mol. The van der Waals surface area contributed by atoms with Crippen LogP contribution in [0.5, 0.6) is 0 Å². The number of ether oxygens (including phenoxy) is 1. The predicted molar refractivity (Wildman–Crippen MR) is 103 cm³/mol. The van der Waals surface area contributed by atoms with Crippen molar-refractivity contribution in [1.82, 2.24) is 20.1 Å². The second kappa shape index (κ2) is 9.64. The van der Waals surface area contributed by atoms with Crippen molar-refractivity contribution in [1.29, 1.82) is 0 Å². The van der Waals surface area contributed by atoms with E-state index in [4.69, 9.17) is 9.15 Å². The van der Waals surface area contributed by atoms with E-state index < -0.39 is 0 Å². The van der Waals surface area contributed by atoms with Crippen molar-refractivity contribution in [3.63, 3.8) is 0 Å². The van der Waals surface area contributed by atoms with Crippen LogP contribution in [0.25, 0.3) is 11.5 Å². The molecule has 0 bridgehead atoms. The second-order valence-electron chi connectivity index (χ2n) is 6.78. The molecule has 27 heavy (non-hydrogen) atoms. The first-order valence-corrected chi connectivity index (χ1v) is 9.38. The molecule has 0 atom stereocenters. The maximum atomic E-state index is 11.9. The minimum atomic E-state index is 0.0559. The van der Waals surface area contributed by atoms with Crippen LogP contribution in [0.2, 0.25) is 0 Å². The van der Waals surface area contributed by atoms with Gasteiger partial charge < -0.3 is 14.5 Å². The quantitative estimate of drug-likeness (QED) is 0.709. The summed E-state index contributed by atoms with van der Waals surface area (Å²) in [7, 11) is 1.63. The minimum Gasteiger partial charge on any atom is -0.441 e. The van der Waals surface area contributed by atoms with Gasteiger partial charge in [-0.25, -0.2) is 4.98 Å². The molecule has 0 spiro atoms. The van der Waals surface area contributed by atoms with E-state index in [0.717, 1.165) is 49.7 Å². The molecule has 0 radical (unpaired) electrons. The third-order valence-electron chi connectivity index (χ3n) is 4.75. The molecule has 7 heteroatoms. The monoisotopic (exact) mass is 372 g/mol. The Kier molecular flexibility index (Phi) is 6.98. The van der Waals surface area contributed by atoms with E-state index in [2.05, 4.69) is 20.1 Å². The van der Waals surface area contributed by atoms with Crippen LogP contribution in [0, 0.1) is 6.92 Å². The van der Waals surface area contributed by atoms with Gasteiger partial charge in [0.05, 0.1) is 18.8 Å². The summed E-state index contributed by atoms with van der Waals surface area (Å²) in [4.78, 5) is 21.1. The molecule has 2 heterocycles. The number of carbonyl (C=O) groups excluding carboxylic acids is 1. The molecule has 1 fully saturated rings. The Bertz CT molecular complexity index is 724. The standard InChI is InChI=1S/C20H28N4O3/c1-16-18(22-20(27-16)17-6-4-3-5-7-17)14-23-9-11-24(12-10-23)15-19(25)21-8-13-26-2/h3-7H,8-15H2,1-2H3,(H,21,25). The van der Waals surface area contributed by atoms with E-state index >= 15 is 0 Å². The molecule has 1 saturated heterocycles. The number of nitrogens with zero attached hydrogens (tertiary/aromatic N) is 3. The molecule has 0 unspecified atom stereocenters. The van der Waals surface area contributed by atoms with Gasteiger partial charge in [0.2, 0.25) is 11.8 Å². The predicted octanol–water partition coefficient (Wildman–Crippen LogP) is 1.53. The van der Waals surface area contributed by atoms with Crippen molar-refractivity contribution in [3.8, 4) is 11.5 Å². The number of benzene rings is 1. The number of carbonyl (C=O) groups is 1. The number of hydrogen-bond acceptors (Lipinski definition) is 6. The van der Waals surface area contributed by atoms with Crippen LogP contribution < -0.4 is 5.32 Å². The summed E-state index contributed by atoms with van der Waals surface area (Å²) in [5.74, 6) is 1.60. The van der Waals surface area contributed by atoms with Crippen LogP contribution in [0.15, 0.2) is 34.7 Å². The van der Waals surface area contributed by atoms with Crippen LogP contribution in [0.3, 0.4) is 0 Å². The molecule has 2 aromatic rings. The molecule has 1 N–H and O–H groups in total. The molecule has 146 valence electrons. The Labute approximate surface area is 160 Å². The molecular formula is C20H28N4O3. The molecule has 7 nitrogen and oxygen atoms in total. The molecule has 1 aliphatic rings. The Morgan fingerprint density at radius 3 is 2.59 bits per heavy atom. The summed E-state index contributed by atoms with van der Waals surface area (Å²) in [5, 5.41) is 2.87. The van der Waals surface area contributed by atoms with Gasteiger partial charge in [-0.05, 0) is 19.1 Å². The van der Waals surface area contributed by atoms with Crippen molar-refractivity contribution in [2.24, 2.45) is 0 Å². The number of piperazine rings is 1. The first-order valence-electron chi connectivity index (χ1n) is 9.38. The van der Waals surface area contributed by atoms with Crippen molar-refractivity contribution in [2.75, 3.05) is 53.0 Å². The van der Waals surface area contributed by atoms with Crippen molar-refractivity contribution >= 4 is 5.91 Å². The molecule has 0 aliphatic carbocycles. The van der Waals surface area contributed by atoms with Crippen molar-refractivity contribution < 1.29 is 13.9 Å². The number of hydrogen-bond donors (Lipinski definition) is 1. The highest BCUT2D eigenvalue weighted by molar-refractivity contribution is 5.78. The van der Waals surface area contributed by atoms with Gasteiger partial charge in [0, 0.05) is 51.9 Å². The molecule has 3 rings (SSSR count). The fraction of sp³-hybridized carbons (Fsp3) is 0.500. The number of nitrogens with one attached hydrogen (secondary N) is 1. The van der Waals surface area contributed by atoms with Gasteiger partial charge in [-0.15, -0.1) is 0 Å². The Hall–Kier alpha value is -2.22. The zero-order valence-corrected chi connectivity index (χ0v) is 16.1. The first-order chi connectivity index (χ1) is 13.2. The normalized spacial score (nSPS) is 15.8. The molecule has 0 saturated carbocycles. The lowest BCUT2D eigenvalue weighted by atomic mass is 10.2. The summed E-state index contributed by atoms with van der Waals surface area (Å²) in [6.45, 7) is 7.87. The number of methoxy groups -OCH3 is 1. The van der Waals surface area contributed by atoms with E-state index in [9.17, 15) is 4.79 Å². The van der Waals surface area contributed by atoms with Gasteiger partial charge >= 0.3 is 0 Å². The summed E-state index contributed by atoms with van der Waals surface area (Å²) >= 11 is 0. The van der Waals surface area contributed by atoms with Crippen LogP contribution in [0.4, 0.5) is 0 Å². The Morgan fingerprint density at radius 1 is 1.19 bits per heavy atom. The van der Waals surface area contributed by atoms with Crippen LogP contribution >= 0.6 is 0 Å². The average Bonchev–Trinajstić information content (AvgIpc) is 3.05. The lowest BCUT2D eigenvalue weighted by Crippen LogP contribution is -2.49. The van der Waals surface area contributed by atoms with Crippen LogP contribution in [0.1, 0.15) is 11.5 Å². The summed E-state index contributed by atoms with van der Waals surface area (Å²) in [6, 6.07) is 9.97. The zero-order chi connectivity index (χ0) is 19.1. The number of aromatic nitrogens is 1. The highest BCUT2D eigenvalue weighted by Crippen LogP contribution is 2.22. The van der Waals surface area contributed by atoms with E-state index in [-0.39, 0.29) is 5.91 Å². The van der Waals surface area contributed by atoms with E-state index in [1.165, 1.54) is 0 Å². The minimum absolute atomic E-state index is 0.0559. The van der Waals surface area contributed by atoms with Gasteiger partial charge in [0.15, 0.2) is 0 Å². The van der Waals surface area contributed by atoms with E-state index in [1.807, 2.05) is 37.3 Å². The fourth-order valence-electron chi connectivity index (χ4n) is 3.15. The van der Waals surface area contributed by atoms with Gasteiger partial charge in [-0.1, -0.05) is 18.2 Å². The van der Waals surface area contributed by atoms with Gasteiger partial charge in [-0.2, -0.15) is 0 Å². The SMILES string of the molecule is COCCNC(=O)CN1CCN(Cc2nc(-c3ccccc3)oc2C)CC1. The van der Waals surface area contributed by atoms with Gasteiger partial charge in [-0.3, -0.25) is 14.6 Å². The van der Waals surface area contributed by atoms with E-state index in [1.54, 1.807) is 7.11 Å². The number of amides is 1. The molecular weight excluding hydrogens is 344 g/mol. The largest absolute Gasteiger partial charge is 0.441 e. The molecule has 1 aliphatic heterocycles. The first kappa shape index (κ1) is 19.5. The number of rotatable bonds is 8. The molecule has 1 aromatic carbocycles. The Morgan fingerprint density at radius 2 is 1.89 bits per heavy atom. The van der Waals surface area contributed by atoms with Crippen LogP contribution in [-0.4, -0.2) is 73.7 Å². The number of aryl methyl sites for hydroxylation is 1. The van der Waals surface area contributed by atoms with Crippen molar-refractivity contribution in [2.45, 2.75) is 13.5 Å². The summed E-state index contributed by atoms with van der Waals surface area (Å²) in [6.07, 6.45) is 0. The lowest BCUT2D eigenvalue weighted by molar-refractivity contribution is -0.122. The maximum absolute atomic E-state index is 11.9. The third kappa shape index (κ3) is 5.63. The van der Waals surface area contributed by atoms with Crippen molar-refractivity contribution in [3.05, 3.63) is 41.8 Å². The fourth-order valence-corrected chi connectivity index (χ4v) is 3.15.